The first-order valence-corrected chi connectivity index (χ1v) is 5.84. The molecule has 1 rings (SSSR count). The predicted molar refractivity (Wildman–Crippen MR) is 64.2 cm³/mol. The minimum absolute atomic E-state index is 0.276. The quantitative estimate of drug-likeness (QED) is 0.458. The largest absolute Gasteiger partial charge is 0.569 e. The van der Waals surface area contributed by atoms with Gasteiger partial charge in [0.05, 0.1) is 24.1 Å². The first-order chi connectivity index (χ1) is 8.21. The molecule has 0 aromatic rings. The molecule has 1 heterocycles. The van der Waals surface area contributed by atoms with E-state index in [-0.39, 0.29) is 11.6 Å². The molecule has 1 saturated heterocycles. The minimum Gasteiger partial charge on any atom is -0.569 e. The molecule has 0 aromatic carbocycles. The van der Waals surface area contributed by atoms with Gasteiger partial charge in [0.1, 0.15) is 0 Å². The number of hydrogen-bond acceptors (Lipinski definition) is 4. The van der Waals surface area contributed by atoms with Gasteiger partial charge in [0.15, 0.2) is 6.10 Å². The van der Waals surface area contributed by atoms with Crippen molar-refractivity contribution in [1.29, 1.82) is 0 Å². The van der Waals surface area contributed by atoms with E-state index in [0.29, 0.717) is 24.5 Å². The van der Waals surface area contributed by atoms with Crippen molar-refractivity contribution in [2.24, 2.45) is 11.0 Å². The predicted octanol–water partition coefficient (Wildman–Crippen LogP) is 0.679. The fourth-order valence-electron chi connectivity index (χ4n) is 1.43. The van der Waals surface area contributed by atoms with E-state index >= 15 is 0 Å². The SMILES string of the molecule is CN(/[N+]([O-])=N/O[C@@H]1CCN(C(N)=O)C1)C(C)(C)C. The van der Waals surface area contributed by atoms with Gasteiger partial charge >= 0.3 is 6.03 Å². The number of amides is 2. The summed E-state index contributed by atoms with van der Waals surface area (Å²) in [4.78, 5) is 17.9. The van der Waals surface area contributed by atoms with E-state index in [4.69, 9.17) is 10.6 Å². The van der Waals surface area contributed by atoms with Crippen LogP contribution in [0.1, 0.15) is 27.2 Å². The lowest BCUT2D eigenvalue weighted by atomic mass is 10.1. The molecule has 104 valence electrons. The Hall–Kier alpha value is -1.73. The van der Waals surface area contributed by atoms with Crippen molar-refractivity contribution < 1.29 is 14.6 Å². The van der Waals surface area contributed by atoms with Gasteiger partial charge in [-0.15, -0.1) is 5.01 Å². The Morgan fingerprint density at radius 3 is 2.67 bits per heavy atom. The van der Waals surface area contributed by atoms with Crippen molar-refractivity contribution in [3.8, 4) is 0 Å². The van der Waals surface area contributed by atoms with Gasteiger partial charge in [0.25, 0.3) is 0 Å². The summed E-state index contributed by atoms with van der Waals surface area (Å²) >= 11 is 0. The first kappa shape index (κ1) is 14.3. The van der Waals surface area contributed by atoms with Crippen LogP contribution in [0.25, 0.3) is 0 Å². The van der Waals surface area contributed by atoms with Crippen LogP contribution in [0.4, 0.5) is 4.79 Å². The summed E-state index contributed by atoms with van der Waals surface area (Å²) in [5.41, 5.74) is 4.80. The Balaban J connectivity index is 2.48. The minimum atomic E-state index is -0.480. The smallest absolute Gasteiger partial charge is 0.314 e. The fourth-order valence-corrected chi connectivity index (χ4v) is 1.43. The third-order valence-electron chi connectivity index (χ3n) is 2.95. The van der Waals surface area contributed by atoms with E-state index in [9.17, 15) is 10.0 Å². The zero-order valence-electron chi connectivity index (χ0n) is 11.3. The van der Waals surface area contributed by atoms with Gasteiger partial charge in [-0.3, -0.25) is 0 Å². The second-order valence-electron chi connectivity index (χ2n) is 5.33. The maximum atomic E-state index is 11.6. The zero-order chi connectivity index (χ0) is 13.9. The summed E-state index contributed by atoms with van der Waals surface area (Å²) in [6.45, 7) is 6.56. The van der Waals surface area contributed by atoms with Crippen LogP contribution in [0.3, 0.4) is 0 Å². The topological polar surface area (TPSA) is 97.2 Å². The summed E-state index contributed by atoms with van der Waals surface area (Å²) in [7, 11) is 1.63. The maximum Gasteiger partial charge on any atom is 0.314 e. The lowest BCUT2D eigenvalue weighted by molar-refractivity contribution is -0.720. The molecule has 0 bridgehead atoms. The van der Waals surface area contributed by atoms with Crippen LogP contribution in [0.5, 0.6) is 0 Å². The molecule has 8 nitrogen and oxygen atoms in total. The molecule has 18 heavy (non-hydrogen) atoms. The third-order valence-corrected chi connectivity index (χ3v) is 2.95. The fraction of sp³-hybridized carbons (Fsp3) is 0.900. The van der Waals surface area contributed by atoms with Crippen LogP contribution in [0, 0.1) is 5.21 Å². The van der Waals surface area contributed by atoms with Gasteiger partial charge in [0, 0.05) is 13.0 Å². The second kappa shape index (κ2) is 5.28. The standard InChI is InChI=1S/C10H21N5O3/c1-10(2,3)13(4)15(17)12-18-8-5-6-14(7-8)9(11)16/h8H,5-7H2,1-4H3,(H2,11,16)/b15-12-/t8-/m1/s1. The highest BCUT2D eigenvalue weighted by atomic mass is 16.7. The molecule has 1 aliphatic heterocycles. The van der Waals surface area contributed by atoms with Crippen molar-refractivity contribution in [3.05, 3.63) is 5.21 Å². The highest BCUT2D eigenvalue weighted by molar-refractivity contribution is 5.72. The van der Waals surface area contributed by atoms with Gasteiger partial charge in [-0.25, -0.2) is 4.79 Å². The Morgan fingerprint density at radius 1 is 1.61 bits per heavy atom. The van der Waals surface area contributed by atoms with Crippen LogP contribution >= 0.6 is 0 Å². The average molecular weight is 259 g/mol. The molecule has 0 radical (unpaired) electrons. The van der Waals surface area contributed by atoms with Crippen molar-refractivity contribution in [1.82, 2.24) is 9.91 Å². The maximum absolute atomic E-state index is 11.6. The average Bonchev–Trinajstić information content (AvgIpc) is 2.72. The summed E-state index contributed by atoms with van der Waals surface area (Å²) in [5.74, 6) is 0. The molecular formula is C10H21N5O3. The number of nitrogens with zero attached hydrogens (tertiary/aromatic N) is 4. The number of primary amides is 1. The third kappa shape index (κ3) is 3.64. The molecule has 2 N–H and O–H groups in total. The van der Waals surface area contributed by atoms with Crippen molar-refractivity contribution in [3.63, 3.8) is 0 Å². The number of hydrogen-bond donors (Lipinski definition) is 1. The van der Waals surface area contributed by atoms with Crippen LogP contribution in [0.15, 0.2) is 5.28 Å². The molecule has 0 aliphatic carbocycles. The van der Waals surface area contributed by atoms with Crippen LogP contribution in [-0.2, 0) is 4.84 Å². The molecule has 1 fully saturated rings. The summed E-state index contributed by atoms with van der Waals surface area (Å²) in [5, 5.41) is 16.5. The number of rotatable bonds is 3. The number of likely N-dealkylation sites (tertiary alicyclic amines) is 1. The van der Waals surface area contributed by atoms with Gasteiger partial charge < -0.3 is 20.7 Å². The highest BCUT2D eigenvalue weighted by Crippen LogP contribution is 2.14. The van der Waals surface area contributed by atoms with Gasteiger partial charge in [-0.2, -0.15) is 0 Å². The lowest BCUT2D eigenvalue weighted by Gasteiger charge is -2.26. The van der Waals surface area contributed by atoms with E-state index in [0.717, 1.165) is 0 Å². The van der Waals surface area contributed by atoms with Crippen molar-refractivity contribution in [2.75, 3.05) is 20.1 Å². The Labute approximate surface area is 106 Å². The van der Waals surface area contributed by atoms with Gasteiger partial charge in [-0.1, -0.05) is 0 Å². The van der Waals surface area contributed by atoms with E-state index in [2.05, 4.69) is 5.28 Å². The Kier molecular flexibility index (Phi) is 4.20. The van der Waals surface area contributed by atoms with E-state index in [1.807, 2.05) is 20.8 Å². The number of carbonyl (C=O) groups is 1. The number of nitrogens with two attached hydrogens (primary N) is 1. The number of carbonyl (C=O) groups excluding carboxylic acids is 1. The first-order valence-electron chi connectivity index (χ1n) is 5.84. The molecule has 0 saturated carbocycles. The van der Waals surface area contributed by atoms with E-state index in [1.54, 1.807) is 7.05 Å². The molecule has 0 aromatic heterocycles. The molecule has 1 atom stereocenters. The summed E-state index contributed by atoms with van der Waals surface area (Å²) < 4.78 is 0. The van der Waals surface area contributed by atoms with Gasteiger partial charge in [0.2, 0.25) is 5.28 Å². The molecule has 0 unspecified atom stereocenters. The van der Waals surface area contributed by atoms with Crippen LogP contribution in [0.2, 0.25) is 0 Å². The second-order valence-corrected chi connectivity index (χ2v) is 5.33. The molecule has 2 amide bonds. The normalized spacial score (nSPS) is 21.0. The highest BCUT2D eigenvalue weighted by Gasteiger charge is 2.28. The van der Waals surface area contributed by atoms with Crippen molar-refractivity contribution >= 4 is 6.03 Å². The Bertz CT molecular complexity index is 339. The number of urea groups is 1. The summed E-state index contributed by atoms with van der Waals surface area (Å²) in [6, 6.07) is -0.480. The summed E-state index contributed by atoms with van der Waals surface area (Å²) in [6.07, 6.45) is 0.349. The van der Waals surface area contributed by atoms with Crippen LogP contribution < -0.4 is 5.73 Å². The molecule has 0 spiro atoms. The van der Waals surface area contributed by atoms with Crippen LogP contribution in [-0.4, -0.2) is 52.7 Å². The Morgan fingerprint density at radius 2 is 2.22 bits per heavy atom. The van der Waals surface area contributed by atoms with Gasteiger partial charge in [-0.05, 0) is 20.8 Å². The van der Waals surface area contributed by atoms with E-state index in [1.165, 1.54) is 9.91 Å². The zero-order valence-corrected chi connectivity index (χ0v) is 11.3. The molecule has 8 heteroatoms. The monoisotopic (exact) mass is 259 g/mol. The molecular weight excluding hydrogens is 238 g/mol. The van der Waals surface area contributed by atoms with Crippen molar-refractivity contribution in [2.45, 2.75) is 38.8 Å². The molecule has 1 aliphatic rings. The van der Waals surface area contributed by atoms with E-state index < -0.39 is 6.03 Å². The number of hydrazine groups is 1. The lowest BCUT2D eigenvalue weighted by Crippen LogP contribution is -2.42.